The van der Waals surface area contributed by atoms with Crippen molar-refractivity contribution < 1.29 is 4.39 Å². The highest BCUT2D eigenvalue weighted by molar-refractivity contribution is 5.85. The molecular weight excluding hydrogens is 487 g/mol. The lowest BCUT2D eigenvalue weighted by Gasteiger charge is -2.07. The first kappa shape index (κ1) is 29.2. The molecule has 4 aromatic rings. The Labute approximate surface area is 241 Å². The summed E-state index contributed by atoms with van der Waals surface area (Å²) in [5.74, 6) is 12.9. The second-order valence-corrected chi connectivity index (χ2v) is 10.7. The fourth-order valence-electron chi connectivity index (χ4n) is 4.96. The Kier molecular flexibility index (Phi) is 11.5. The molecule has 0 spiro atoms. The topological polar surface area (TPSA) is 0 Å². The van der Waals surface area contributed by atoms with Crippen LogP contribution in [0.15, 0.2) is 78.9 Å². The van der Waals surface area contributed by atoms with Crippen molar-refractivity contribution in [2.24, 2.45) is 0 Å². The maximum atomic E-state index is 15.0. The van der Waals surface area contributed by atoms with Crippen LogP contribution in [0.25, 0.3) is 10.8 Å². The molecule has 0 aliphatic heterocycles. The van der Waals surface area contributed by atoms with Crippen molar-refractivity contribution in [3.8, 4) is 23.7 Å². The van der Waals surface area contributed by atoms with Crippen LogP contribution in [0.1, 0.15) is 105 Å². The number of aryl methyl sites for hydroxylation is 2. The molecule has 1 heteroatoms. The molecule has 0 heterocycles. The van der Waals surface area contributed by atoms with Crippen LogP contribution in [-0.4, -0.2) is 0 Å². The first-order valence-electron chi connectivity index (χ1n) is 15.1. The van der Waals surface area contributed by atoms with Gasteiger partial charge in [-0.15, -0.1) is 0 Å². The Bertz CT molecular complexity index is 1480. The van der Waals surface area contributed by atoms with Crippen LogP contribution in [0.4, 0.5) is 4.39 Å². The molecule has 0 nitrogen and oxygen atoms in total. The lowest BCUT2D eigenvalue weighted by atomic mass is 10.00. The van der Waals surface area contributed by atoms with Gasteiger partial charge in [-0.25, -0.2) is 4.39 Å². The van der Waals surface area contributed by atoms with Gasteiger partial charge < -0.3 is 0 Å². The Balaban J connectivity index is 1.34. The molecule has 0 aliphatic carbocycles. The normalized spacial score (nSPS) is 10.6. The number of hydrogen-bond acceptors (Lipinski definition) is 0. The van der Waals surface area contributed by atoms with Gasteiger partial charge >= 0.3 is 0 Å². The molecule has 0 unspecified atom stereocenters. The Hall–Kier alpha value is -3.81. The van der Waals surface area contributed by atoms with E-state index in [1.807, 2.05) is 54.6 Å². The molecule has 0 amide bonds. The monoisotopic (exact) mass is 528 g/mol. The summed E-state index contributed by atoms with van der Waals surface area (Å²) in [5.41, 5.74) is 6.03. The summed E-state index contributed by atoms with van der Waals surface area (Å²) in [6.45, 7) is 4.45. The van der Waals surface area contributed by atoms with Crippen molar-refractivity contribution in [1.29, 1.82) is 0 Å². The highest BCUT2D eigenvalue weighted by atomic mass is 19.1. The van der Waals surface area contributed by atoms with Crippen molar-refractivity contribution in [3.63, 3.8) is 0 Å². The van der Waals surface area contributed by atoms with Crippen LogP contribution < -0.4 is 0 Å². The van der Waals surface area contributed by atoms with Gasteiger partial charge in [0.05, 0.1) is 0 Å². The fourth-order valence-corrected chi connectivity index (χ4v) is 4.96. The summed E-state index contributed by atoms with van der Waals surface area (Å²) in [6.07, 6.45) is 13.1. The maximum absolute atomic E-state index is 15.0. The molecule has 0 saturated carbocycles. The molecule has 0 aromatic heterocycles. The average molecular weight is 529 g/mol. The number of fused-ring (bicyclic) bond motifs is 1. The van der Waals surface area contributed by atoms with E-state index in [1.54, 1.807) is 0 Å². The third-order valence-electron chi connectivity index (χ3n) is 7.44. The van der Waals surface area contributed by atoms with Gasteiger partial charge in [0.25, 0.3) is 0 Å². The first-order chi connectivity index (χ1) is 19.7. The number of rotatable bonds is 11. The quantitative estimate of drug-likeness (QED) is 0.134. The summed E-state index contributed by atoms with van der Waals surface area (Å²) in [7, 11) is 0. The minimum absolute atomic E-state index is 0.0843. The zero-order valence-electron chi connectivity index (χ0n) is 24.2. The third-order valence-corrected chi connectivity index (χ3v) is 7.44. The predicted molar refractivity (Wildman–Crippen MR) is 169 cm³/mol. The Morgan fingerprint density at radius 3 is 1.62 bits per heavy atom. The minimum atomic E-state index is -0.0843. The van der Waals surface area contributed by atoms with E-state index in [0.29, 0.717) is 5.39 Å². The highest BCUT2D eigenvalue weighted by Crippen LogP contribution is 2.24. The van der Waals surface area contributed by atoms with Crippen molar-refractivity contribution in [2.75, 3.05) is 0 Å². The molecule has 4 rings (SSSR count). The zero-order valence-corrected chi connectivity index (χ0v) is 24.2. The van der Waals surface area contributed by atoms with Crippen LogP contribution >= 0.6 is 0 Å². The molecule has 0 radical (unpaired) electrons. The van der Waals surface area contributed by atoms with E-state index in [4.69, 9.17) is 0 Å². The SMILES string of the molecule is CCCCCCCc1ccc(C#Cc2ccc(C#Cc3ccc4c(F)c(CCCCCC)ccc4c3)cc2)cc1. The van der Waals surface area contributed by atoms with Gasteiger partial charge in [-0.3, -0.25) is 0 Å². The molecule has 0 bridgehead atoms. The van der Waals surface area contributed by atoms with Gasteiger partial charge in [-0.2, -0.15) is 0 Å². The van der Waals surface area contributed by atoms with E-state index in [1.165, 1.54) is 50.5 Å². The van der Waals surface area contributed by atoms with Crippen LogP contribution in [-0.2, 0) is 12.8 Å². The predicted octanol–water partition coefficient (Wildman–Crippen LogP) is 10.4. The lowest BCUT2D eigenvalue weighted by molar-refractivity contribution is 0.603. The third kappa shape index (κ3) is 8.86. The zero-order chi connectivity index (χ0) is 28.0. The Morgan fingerprint density at radius 1 is 0.500 bits per heavy atom. The number of benzene rings is 4. The van der Waals surface area contributed by atoms with E-state index in [-0.39, 0.29) is 5.82 Å². The fraction of sp³-hybridized carbons (Fsp3) is 0.333. The lowest BCUT2D eigenvalue weighted by Crippen LogP contribution is -1.93. The summed E-state index contributed by atoms with van der Waals surface area (Å²) < 4.78 is 15.0. The summed E-state index contributed by atoms with van der Waals surface area (Å²) in [5, 5.41) is 1.57. The number of halogens is 1. The van der Waals surface area contributed by atoms with Crippen molar-refractivity contribution in [2.45, 2.75) is 84.5 Å². The highest BCUT2D eigenvalue weighted by Gasteiger charge is 2.07. The smallest absolute Gasteiger partial charge is 0.134 e. The van der Waals surface area contributed by atoms with Gasteiger partial charge in [-0.05, 0) is 90.7 Å². The molecule has 0 saturated heterocycles. The summed E-state index contributed by atoms with van der Waals surface area (Å²) in [4.78, 5) is 0. The van der Waals surface area contributed by atoms with Gasteiger partial charge in [0.1, 0.15) is 5.82 Å². The number of unbranched alkanes of at least 4 members (excludes halogenated alkanes) is 7. The minimum Gasteiger partial charge on any atom is -0.206 e. The van der Waals surface area contributed by atoms with Crippen molar-refractivity contribution in [1.82, 2.24) is 0 Å². The summed E-state index contributed by atoms with van der Waals surface area (Å²) >= 11 is 0. The van der Waals surface area contributed by atoms with E-state index < -0.39 is 0 Å². The molecule has 0 aliphatic rings. The standard InChI is InChI=1S/C39H41F/c1-3-5-7-9-10-12-31-14-16-32(17-15-31)18-19-33-20-22-34(23-21-33)24-25-35-26-29-38-37(30-35)28-27-36(39(38)40)13-11-8-6-4-2/h14-17,20-23,26-30H,3-13H2,1-2H3. The molecular formula is C39H41F. The van der Waals surface area contributed by atoms with Crippen molar-refractivity contribution in [3.05, 3.63) is 118 Å². The van der Waals surface area contributed by atoms with Crippen LogP contribution in [0, 0.1) is 29.5 Å². The molecule has 0 atom stereocenters. The molecule has 0 fully saturated rings. The van der Waals surface area contributed by atoms with E-state index in [2.05, 4.69) is 61.8 Å². The first-order valence-corrected chi connectivity index (χ1v) is 15.1. The Morgan fingerprint density at radius 2 is 1.00 bits per heavy atom. The summed E-state index contributed by atoms with van der Waals surface area (Å²) in [6, 6.07) is 26.4. The van der Waals surface area contributed by atoms with Crippen LogP contribution in [0.5, 0.6) is 0 Å². The average Bonchev–Trinajstić information content (AvgIpc) is 2.99. The molecule has 0 N–H and O–H groups in total. The van der Waals surface area contributed by atoms with Gasteiger partial charge in [0.2, 0.25) is 0 Å². The van der Waals surface area contributed by atoms with Gasteiger partial charge in [-0.1, -0.05) is 113 Å². The molecule has 4 aromatic carbocycles. The van der Waals surface area contributed by atoms with Gasteiger partial charge in [0, 0.05) is 27.6 Å². The van der Waals surface area contributed by atoms with E-state index in [0.717, 1.165) is 58.9 Å². The van der Waals surface area contributed by atoms with Crippen molar-refractivity contribution >= 4 is 10.8 Å². The second-order valence-electron chi connectivity index (χ2n) is 10.7. The number of hydrogen-bond donors (Lipinski definition) is 0. The largest absolute Gasteiger partial charge is 0.206 e. The van der Waals surface area contributed by atoms with Crippen LogP contribution in [0.3, 0.4) is 0 Å². The van der Waals surface area contributed by atoms with Gasteiger partial charge in [0.15, 0.2) is 0 Å². The molecule has 40 heavy (non-hydrogen) atoms. The van der Waals surface area contributed by atoms with E-state index >= 15 is 4.39 Å². The molecule has 204 valence electrons. The van der Waals surface area contributed by atoms with E-state index in [9.17, 15) is 0 Å². The maximum Gasteiger partial charge on any atom is 0.134 e. The van der Waals surface area contributed by atoms with Crippen LogP contribution in [0.2, 0.25) is 0 Å². The second kappa shape index (κ2) is 15.7.